The van der Waals surface area contributed by atoms with Gasteiger partial charge in [0.1, 0.15) is 28.6 Å². The molecule has 10 aromatic carbocycles. The maximum Gasteiger partial charge on any atom is 0.178 e. The van der Waals surface area contributed by atoms with Crippen molar-refractivity contribution in [1.29, 1.82) is 0 Å². The molecule has 91 heavy (non-hydrogen) atoms. The average Bonchev–Trinajstić information content (AvgIpc) is 1.53. The van der Waals surface area contributed by atoms with Crippen molar-refractivity contribution >= 4 is 39.4 Å². The highest BCUT2D eigenvalue weighted by molar-refractivity contribution is 6.10. The highest BCUT2D eigenvalue weighted by Crippen LogP contribution is 2.69. The summed E-state index contributed by atoms with van der Waals surface area (Å²) in [6.07, 6.45) is 19.5. The minimum absolute atomic E-state index is 0.0432. The van der Waals surface area contributed by atoms with Crippen LogP contribution in [0.5, 0.6) is 23.0 Å². The van der Waals surface area contributed by atoms with Crippen LogP contribution < -0.4 is 23.8 Å². The standard InChI is InChI=1S/C45H43NO2.C39H36O4/c1-29-10-18-36-39(24-29)43-38(42-41(36)37-19-12-31(28-47)26-40(37)44(42)27-30-11-13-34(44)25-30)20-21-45(48-43,32-8-4-2-5-9-32)33-14-16-35(17-15-33)46-22-6-3-7-23-46;1-6-20-38(40)34-23-25(3)8-18-31(34)35-30-17-7-24(2)22-33(30)37-32(36(35)38)19-21-39(43-37,26-9-13-28(41-4)14-10-26)27-11-15-29(42-5)16-12-27/h2,4-5,8-10,12,14-21,24,26,30,34,47H,3,6-7,11,13,22-23,25,27-28H2,1H3;7-19,21-23,40H,6,20H2,1-5H3. The number of anilines is 1. The zero-order valence-electron chi connectivity index (χ0n) is 53.2. The van der Waals surface area contributed by atoms with Crippen molar-refractivity contribution in [3.05, 3.63) is 266 Å². The van der Waals surface area contributed by atoms with Crippen molar-refractivity contribution < 1.29 is 29.2 Å². The van der Waals surface area contributed by atoms with Crippen molar-refractivity contribution in [3.63, 3.8) is 0 Å². The molecular formula is C84H79NO6. The van der Waals surface area contributed by atoms with E-state index in [1.807, 2.05) is 24.3 Å². The maximum absolute atomic E-state index is 12.7. The predicted molar refractivity (Wildman–Crippen MR) is 369 cm³/mol. The number of aliphatic hydroxyl groups excluding tert-OH is 1. The molecule has 3 heterocycles. The summed E-state index contributed by atoms with van der Waals surface area (Å²) in [4.78, 5) is 2.53. The van der Waals surface area contributed by atoms with Crippen LogP contribution in [0.1, 0.15) is 143 Å². The Morgan fingerprint density at radius 1 is 0.538 bits per heavy atom. The van der Waals surface area contributed by atoms with E-state index in [0.717, 1.165) is 126 Å². The number of aryl methyl sites for hydroxylation is 3. The molecule has 0 radical (unpaired) electrons. The van der Waals surface area contributed by atoms with Gasteiger partial charge in [-0.1, -0.05) is 176 Å². The highest BCUT2D eigenvalue weighted by Gasteiger charge is 2.59. The normalized spacial score (nSPS) is 22.3. The van der Waals surface area contributed by atoms with Crippen LogP contribution >= 0.6 is 0 Å². The van der Waals surface area contributed by atoms with Gasteiger partial charge in [0, 0.05) is 73.9 Å². The molecule has 7 heteroatoms. The van der Waals surface area contributed by atoms with Gasteiger partial charge in [0.15, 0.2) is 11.2 Å². The number of ether oxygens (including phenoxy) is 4. The first kappa shape index (κ1) is 57.3. The zero-order chi connectivity index (χ0) is 62.0. The Bertz CT molecular complexity index is 4550. The second kappa shape index (κ2) is 21.9. The monoisotopic (exact) mass is 1200 g/mol. The van der Waals surface area contributed by atoms with E-state index < -0.39 is 16.8 Å². The van der Waals surface area contributed by atoms with Crippen LogP contribution in [0.25, 0.3) is 56.0 Å². The average molecular weight is 1200 g/mol. The van der Waals surface area contributed by atoms with E-state index in [2.05, 4.69) is 209 Å². The van der Waals surface area contributed by atoms with Crippen LogP contribution in [0.15, 0.2) is 188 Å². The molecule has 2 bridgehead atoms. The largest absolute Gasteiger partial charge is 0.497 e. The lowest BCUT2D eigenvalue weighted by Crippen LogP contribution is -2.36. The lowest BCUT2D eigenvalue weighted by atomic mass is 9.65. The van der Waals surface area contributed by atoms with Crippen molar-refractivity contribution in [2.24, 2.45) is 11.8 Å². The number of aliphatic hydroxyl groups is 2. The van der Waals surface area contributed by atoms with Crippen molar-refractivity contribution in [2.45, 2.75) is 114 Å². The van der Waals surface area contributed by atoms with E-state index in [0.29, 0.717) is 12.3 Å². The van der Waals surface area contributed by atoms with Gasteiger partial charge in [-0.05, 0) is 194 Å². The van der Waals surface area contributed by atoms with E-state index in [1.165, 1.54) is 94.8 Å². The molecule has 5 atom stereocenters. The quantitative estimate of drug-likeness (QED) is 0.141. The molecule has 3 fully saturated rings. The Hall–Kier alpha value is -8.88. The molecule has 10 aromatic rings. The van der Waals surface area contributed by atoms with E-state index in [1.54, 1.807) is 14.2 Å². The minimum Gasteiger partial charge on any atom is -0.497 e. The lowest BCUT2D eigenvalue weighted by Gasteiger charge is -2.41. The molecule has 7 nitrogen and oxygen atoms in total. The fourth-order valence-electron chi connectivity index (χ4n) is 17.7. The molecular weight excluding hydrogens is 1120 g/mol. The molecule has 1 saturated heterocycles. The van der Waals surface area contributed by atoms with Gasteiger partial charge in [0.25, 0.3) is 0 Å². The fraction of sp³-hybridized carbons (Fsp3) is 0.286. The second-order valence-corrected chi connectivity index (χ2v) is 27.1. The van der Waals surface area contributed by atoms with Gasteiger partial charge in [-0.2, -0.15) is 0 Å². The number of methoxy groups -OCH3 is 2. The van der Waals surface area contributed by atoms with Crippen molar-refractivity contribution in [3.8, 4) is 45.3 Å². The summed E-state index contributed by atoms with van der Waals surface area (Å²) in [6.45, 7) is 10.9. The summed E-state index contributed by atoms with van der Waals surface area (Å²) in [6, 6.07) is 62.9. The van der Waals surface area contributed by atoms with Crippen LogP contribution in [0.2, 0.25) is 0 Å². The van der Waals surface area contributed by atoms with Gasteiger partial charge < -0.3 is 34.1 Å². The zero-order valence-corrected chi connectivity index (χ0v) is 53.2. The minimum atomic E-state index is -1.12. The molecule has 4 aliphatic carbocycles. The summed E-state index contributed by atoms with van der Waals surface area (Å²) in [5.41, 5.74) is 19.3. The topological polar surface area (TPSA) is 80.6 Å². The smallest absolute Gasteiger partial charge is 0.178 e. The maximum atomic E-state index is 12.7. The molecule has 17 rings (SSSR count). The third-order valence-corrected chi connectivity index (χ3v) is 21.9. The van der Waals surface area contributed by atoms with Crippen LogP contribution in [-0.4, -0.2) is 37.5 Å². The molecule has 3 aliphatic heterocycles. The Balaban J connectivity index is 0.000000146. The summed E-state index contributed by atoms with van der Waals surface area (Å²) >= 11 is 0. The van der Waals surface area contributed by atoms with Gasteiger partial charge in [-0.3, -0.25) is 0 Å². The molecule has 5 unspecified atom stereocenters. The summed E-state index contributed by atoms with van der Waals surface area (Å²) in [7, 11) is 3.35. The lowest BCUT2D eigenvalue weighted by molar-refractivity contribution is 0.0737. The molecule has 0 amide bonds. The molecule has 2 saturated carbocycles. The first-order valence-electron chi connectivity index (χ1n) is 33.2. The van der Waals surface area contributed by atoms with Gasteiger partial charge in [0.2, 0.25) is 0 Å². The number of fused-ring (bicyclic) bond motifs is 21. The Kier molecular flexibility index (Phi) is 13.8. The van der Waals surface area contributed by atoms with Gasteiger partial charge in [0.05, 0.1) is 20.8 Å². The van der Waals surface area contributed by atoms with Crippen LogP contribution in [0.3, 0.4) is 0 Å². The Labute approximate surface area is 535 Å². The molecule has 2 N–H and O–H groups in total. The number of hydrogen-bond donors (Lipinski definition) is 2. The number of benzene rings is 10. The highest BCUT2D eigenvalue weighted by atomic mass is 16.5. The van der Waals surface area contributed by atoms with Crippen LogP contribution in [-0.2, 0) is 28.8 Å². The Morgan fingerprint density at radius 2 is 1.07 bits per heavy atom. The Morgan fingerprint density at radius 3 is 1.62 bits per heavy atom. The van der Waals surface area contributed by atoms with E-state index in [9.17, 15) is 10.2 Å². The van der Waals surface area contributed by atoms with Gasteiger partial charge >= 0.3 is 0 Å². The molecule has 456 valence electrons. The SMILES string of the molecule is CCCC1(O)c2cc(C)ccc2-c2c1c1c(c3cc(C)ccc23)OC(c2ccc(OC)cc2)(c2ccc(OC)cc2)C=C1.Cc1ccc2c3c(c4c(c2c1)OC(c1ccccc1)(c1ccc(N2CCCCC2)cc1)C=C4)C1(CC2CCC1C2)c1cc(CO)ccc1-3. The number of nitrogens with zero attached hydrogens (tertiary/aromatic N) is 1. The third-order valence-electron chi connectivity index (χ3n) is 21.9. The molecule has 1 spiro atoms. The van der Waals surface area contributed by atoms with Crippen molar-refractivity contribution in [1.82, 2.24) is 0 Å². The van der Waals surface area contributed by atoms with Crippen LogP contribution in [0.4, 0.5) is 5.69 Å². The van der Waals surface area contributed by atoms with Gasteiger partial charge in [-0.15, -0.1) is 0 Å². The predicted octanol–water partition coefficient (Wildman–Crippen LogP) is 18.9. The summed E-state index contributed by atoms with van der Waals surface area (Å²) < 4.78 is 26.0. The second-order valence-electron chi connectivity index (χ2n) is 27.1. The van der Waals surface area contributed by atoms with Crippen molar-refractivity contribution in [2.75, 3.05) is 32.2 Å². The van der Waals surface area contributed by atoms with Crippen LogP contribution in [0, 0.1) is 32.6 Å². The summed E-state index contributed by atoms with van der Waals surface area (Å²) in [5.74, 6) is 4.73. The van der Waals surface area contributed by atoms with E-state index in [4.69, 9.17) is 18.9 Å². The number of piperidine rings is 1. The number of rotatable bonds is 10. The molecule has 0 aromatic heterocycles. The van der Waals surface area contributed by atoms with Gasteiger partial charge in [-0.25, -0.2) is 0 Å². The first-order valence-corrected chi connectivity index (χ1v) is 33.2. The summed E-state index contributed by atoms with van der Waals surface area (Å²) in [5, 5.41) is 27.5. The first-order chi connectivity index (χ1) is 44.4. The molecule has 7 aliphatic rings. The van der Waals surface area contributed by atoms with E-state index >= 15 is 0 Å². The fourth-order valence-corrected chi connectivity index (χ4v) is 17.7. The van der Waals surface area contributed by atoms with E-state index in [-0.39, 0.29) is 12.0 Å². The number of hydrogen-bond acceptors (Lipinski definition) is 7. The third kappa shape index (κ3) is 8.73.